The molecule has 106 valence electrons. The monoisotopic (exact) mass is 264 g/mol. The van der Waals surface area contributed by atoms with E-state index in [1.807, 2.05) is 19.2 Å². The number of nitrogens with one attached hydrogen (secondary N) is 1. The van der Waals surface area contributed by atoms with Crippen molar-refractivity contribution in [1.29, 1.82) is 0 Å². The van der Waals surface area contributed by atoms with Crippen molar-refractivity contribution in [1.82, 2.24) is 20.0 Å². The Hall–Kier alpha value is -1.36. The molecule has 0 saturated carbocycles. The van der Waals surface area contributed by atoms with Gasteiger partial charge in [0.15, 0.2) is 0 Å². The molecule has 2 atom stereocenters. The minimum Gasteiger partial charge on any atom is -0.353 e. The van der Waals surface area contributed by atoms with Crippen LogP contribution in [0.2, 0.25) is 0 Å². The molecular weight excluding hydrogens is 240 g/mol. The molecule has 5 nitrogen and oxygen atoms in total. The lowest BCUT2D eigenvalue weighted by Gasteiger charge is -2.30. The van der Waals surface area contributed by atoms with Gasteiger partial charge in [0, 0.05) is 32.0 Å². The third-order valence-corrected chi connectivity index (χ3v) is 3.77. The Morgan fingerprint density at radius 2 is 2.42 bits per heavy atom. The number of carbonyl (C=O) groups is 1. The molecule has 1 N–H and O–H groups in total. The molecule has 0 aliphatic carbocycles. The summed E-state index contributed by atoms with van der Waals surface area (Å²) in [6.07, 6.45) is 6.12. The summed E-state index contributed by atoms with van der Waals surface area (Å²) >= 11 is 0. The Morgan fingerprint density at radius 1 is 1.58 bits per heavy atom. The van der Waals surface area contributed by atoms with Crippen LogP contribution in [0.1, 0.15) is 32.7 Å². The van der Waals surface area contributed by atoms with Gasteiger partial charge in [-0.3, -0.25) is 9.48 Å². The molecule has 1 saturated heterocycles. The zero-order chi connectivity index (χ0) is 13.7. The van der Waals surface area contributed by atoms with E-state index < -0.39 is 0 Å². The van der Waals surface area contributed by atoms with Gasteiger partial charge in [-0.05, 0) is 38.3 Å². The average molecular weight is 264 g/mol. The van der Waals surface area contributed by atoms with Crippen LogP contribution in [-0.4, -0.2) is 46.8 Å². The van der Waals surface area contributed by atoms with Crippen molar-refractivity contribution in [3.05, 3.63) is 18.5 Å². The van der Waals surface area contributed by atoms with Crippen LogP contribution in [0.5, 0.6) is 0 Å². The second-order valence-corrected chi connectivity index (χ2v) is 5.50. The van der Waals surface area contributed by atoms with E-state index >= 15 is 0 Å². The number of hydrogen-bond donors (Lipinski definition) is 1. The zero-order valence-electron chi connectivity index (χ0n) is 11.9. The number of likely N-dealkylation sites (tertiary alicyclic amines) is 1. The molecule has 5 heteroatoms. The molecule has 1 aliphatic heterocycles. The highest BCUT2D eigenvalue weighted by Crippen LogP contribution is 2.14. The van der Waals surface area contributed by atoms with Crippen LogP contribution >= 0.6 is 0 Å². The fourth-order valence-electron chi connectivity index (χ4n) is 2.60. The number of rotatable bonds is 5. The van der Waals surface area contributed by atoms with Crippen LogP contribution < -0.4 is 5.32 Å². The minimum absolute atomic E-state index is 0.0359. The fraction of sp³-hybridized carbons (Fsp3) is 0.714. The predicted octanol–water partition coefficient (Wildman–Crippen LogP) is 1.29. The summed E-state index contributed by atoms with van der Waals surface area (Å²) in [5.74, 6) is 0.821. The van der Waals surface area contributed by atoms with Crippen LogP contribution in [0.15, 0.2) is 18.5 Å². The topological polar surface area (TPSA) is 50.2 Å². The van der Waals surface area contributed by atoms with Crippen molar-refractivity contribution >= 4 is 5.91 Å². The third-order valence-electron chi connectivity index (χ3n) is 3.77. The van der Waals surface area contributed by atoms with E-state index in [4.69, 9.17) is 0 Å². The normalized spacial score (nSPS) is 22.1. The molecule has 1 aromatic rings. The zero-order valence-corrected chi connectivity index (χ0v) is 11.9. The molecular formula is C14H24N4O. The van der Waals surface area contributed by atoms with Crippen LogP contribution in [0.3, 0.4) is 0 Å². The lowest BCUT2D eigenvalue weighted by Crippen LogP contribution is -2.41. The Kier molecular flexibility index (Phi) is 4.96. The first-order chi connectivity index (χ1) is 9.16. The van der Waals surface area contributed by atoms with Gasteiger partial charge in [-0.15, -0.1) is 0 Å². The van der Waals surface area contributed by atoms with Gasteiger partial charge >= 0.3 is 0 Å². The van der Waals surface area contributed by atoms with Crippen LogP contribution in [0.4, 0.5) is 0 Å². The lowest BCUT2D eigenvalue weighted by atomic mass is 10.0. The summed E-state index contributed by atoms with van der Waals surface area (Å²) in [5, 5.41) is 7.08. The summed E-state index contributed by atoms with van der Waals surface area (Å²) in [6.45, 7) is 8.15. The second-order valence-electron chi connectivity index (χ2n) is 5.50. The average Bonchev–Trinajstić information content (AvgIpc) is 2.91. The molecule has 0 aromatic carbocycles. The maximum atomic E-state index is 12.0. The first-order valence-corrected chi connectivity index (χ1v) is 7.16. The van der Waals surface area contributed by atoms with Gasteiger partial charge in [-0.25, -0.2) is 0 Å². The quantitative estimate of drug-likeness (QED) is 0.872. The Bertz CT molecular complexity index is 390. The van der Waals surface area contributed by atoms with Crippen LogP contribution in [0.25, 0.3) is 0 Å². The number of aromatic nitrogens is 2. The highest BCUT2D eigenvalue weighted by atomic mass is 16.2. The summed E-state index contributed by atoms with van der Waals surface area (Å²) in [7, 11) is 0. The molecule has 0 unspecified atom stereocenters. The molecule has 0 spiro atoms. The van der Waals surface area contributed by atoms with E-state index in [2.05, 4.69) is 22.2 Å². The predicted molar refractivity (Wildman–Crippen MR) is 74.8 cm³/mol. The maximum absolute atomic E-state index is 12.0. The summed E-state index contributed by atoms with van der Waals surface area (Å²) in [5.41, 5.74) is 0. The second kappa shape index (κ2) is 6.70. The molecule has 1 fully saturated rings. The number of piperidine rings is 1. The van der Waals surface area contributed by atoms with Crippen molar-refractivity contribution in [2.24, 2.45) is 5.92 Å². The Morgan fingerprint density at radius 3 is 3.11 bits per heavy atom. The largest absolute Gasteiger partial charge is 0.353 e. The van der Waals surface area contributed by atoms with Gasteiger partial charge in [0.2, 0.25) is 5.91 Å². The summed E-state index contributed by atoms with van der Waals surface area (Å²) < 4.78 is 1.68. The minimum atomic E-state index is -0.240. The van der Waals surface area contributed by atoms with Gasteiger partial charge < -0.3 is 10.2 Å². The molecule has 0 bridgehead atoms. The van der Waals surface area contributed by atoms with Gasteiger partial charge in [-0.2, -0.15) is 5.10 Å². The standard InChI is InChI=1S/C14H24N4O/c1-12-5-3-8-17(11-12)10-7-15-14(19)13(2)18-9-4-6-16-18/h4,6,9,12-13H,3,5,7-8,10-11H2,1-2H3,(H,15,19)/t12-,13-/m1/s1. The highest BCUT2D eigenvalue weighted by molar-refractivity contribution is 5.79. The first-order valence-electron chi connectivity index (χ1n) is 7.16. The third kappa shape index (κ3) is 4.06. The highest BCUT2D eigenvalue weighted by Gasteiger charge is 2.17. The van der Waals surface area contributed by atoms with E-state index in [9.17, 15) is 4.79 Å². The molecule has 2 rings (SSSR count). The van der Waals surface area contributed by atoms with Crippen molar-refractivity contribution in [3.8, 4) is 0 Å². The number of hydrogen-bond acceptors (Lipinski definition) is 3. The van der Waals surface area contributed by atoms with Crippen molar-refractivity contribution in [3.63, 3.8) is 0 Å². The number of carbonyl (C=O) groups excluding carboxylic acids is 1. The fourth-order valence-corrected chi connectivity index (χ4v) is 2.60. The molecule has 1 aliphatic rings. The number of nitrogens with zero attached hydrogens (tertiary/aromatic N) is 3. The molecule has 1 aromatic heterocycles. The van der Waals surface area contributed by atoms with E-state index in [-0.39, 0.29) is 11.9 Å². The van der Waals surface area contributed by atoms with E-state index in [0.29, 0.717) is 0 Å². The van der Waals surface area contributed by atoms with E-state index in [1.165, 1.54) is 12.8 Å². The van der Waals surface area contributed by atoms with E-state index in [0.717, 1.165) is 32.1 Å². The summed E-state index contributed by atoms with van der Waals surface area (Å²) in [6, 6.07) is 1.59. The lowest BCUT2D eigenvalue weighted by molar-refractivity contribution is -0.124. The summed E-state index contributed by atoms with van der Waals surface area (Å²) in [4.78, 5) is 14.4. The maximum Gasteiger partial charge on any atom is 0.244 e. The molecule has 2 heterocycles. The van der Waals surface area contributed by atoms with Crippen molar-refractivity contribution in [2.75, 3.05) is 26.2 Å². The van der Waals surface area contributed by atoms with Crippen LogP contribution in [0, 0.1) is 5.92 Å². The molecule has 0 radical (unpaired) electrons. The number of amides is 1. The van der Waals surface area contributed by atoms with Gasteiger partial charge in [0.25, 0.3) is 0 Å². The first kappa shape index (κ1) is 14.1. The van der Waals surface area contributed by atoms with E-state index in [1.54, 1.807) is 10.9 Å². The SMILES string of the molecule is C[C@@H]1CCCN(CCNC(=O)[C@@H](C)n2cccn2)C1. The van der Waals surface area contributed by atoms with Gasteiger partial charge in [-0.1, -0.05) is 6.92 Å². The molecule has 1 amide bonds. The van der Waals surface area contributed by atoms with Gasteiger partial charge in [0.05, 0.1) is 0 Å². The van der Waals surface area contributed by atoms with Crippen LogP contribution in [-0.2, 0) is 4.79 Å². The smallest absolute Gasteiger partial charge is 0.244 e. The molecule has 19 heavy (non-hydrogen) atoms. The van der Waals surface area contributed by atoms with Crippen molar-refractivity contribution in [2.45, 2.75) is 32.7 Å². The van der Waals surface area contributed by atoms with Crippen molar-refractivity contribution < 1.29 is 4.79 Å². The Labute approximate surface area is 115 Å². The van der Waals surface area contributed by atoms with Gasteiger partial charge in [0.1, 0.15) is 6.04 Å². The Balaban J connectivity index is 1.69.